The zero-order chi connectivity index (χ0) is 13.9. The molecule has 0 saturated carbocycles. The molecule has 0 atom stereocenters. The van der Waals surface area contributed by atoms with Gasteiger partial charge in [0.25, 0.3) is 0 Å². The number of nitrogens with one attached hydrogen (secondary N) is 2. The first-order valence-corrected chi connectivity index (χ1v) is 7.01. The number of aromatic amines is 1. The van der Waals surface area contributed by atoms with Crippen LogP contribution >= 0.6 is 0 Å². The molecule has 0 spiro atoms. The van der Waals surface area contributed by atoms with E-state index < -0.39 is 10.0 Å². The van der Waals surface area contributed by atoms with Gasteiger partial charge in [0.2, 0.25) is 10.0 Å². The number of nitrogen functional groups attached to an aromatic ring is 1. The molecule has 0 fully saturated rings. The molecule has 6 N–H and O–H groups in total. The molecule has 1 aromatic heterocycles. The van der Waals surface area contributed by atoms with Crippen LogP contribution < -0.4 is 16.2 Å². The Balaban J connectivity index is 2.06. The number of aromatic nitrogens is 3. The van der Waals surface area contributed by atoms with E-state index in [0.717, 1.165) is 5.82 Å². The van der Waals surface area contributed by atoms with Crippen molar-refractivity contribution < 1.29 is 8.42 Å². The predicted molar refractivity (Wildman–Crippen MR) is 70.8 cm³/mol. The van der Waals surface area contributed by atoms with Gasteiger partial charge in [0.1, 0.15) is 12.2 Å². The molecule has 0 bridgehead atoms. The van der Waals surface area contributed by atoms with Gasteiger partial charge in [-0.3, -0.25) is 5.10 Å². The van der Waals surface area contributed by atoms with E-state index >= 15 is 0 Å². The minimum atomic E-state index is -3.76. The first-order chi connectivity index (χ1) is 8.95. The van der Waals surface area contributed by atoms with Gasteiger partial charge in [-0.1, -0.05) is 0 Å². The van der Waals surface area contributed by atoms with Crippen LogP contribution in [0.5, 0.6) is 0 Å². The normalized spacial score (nSPS) is 11.4. The van der Waals surface area contributed by atoms with E-state index in [4.69, 9.17) is 10.9 Å². The lowest BCUT2D eigenvalue weighted by molar-refractivity contribution is 0.598. The van der Waals surface area contributed by atoms with Gasteiger partial charge in [-0.2, -0.15) is 5.10 Å². The minimum absolute atomic E-state index is 0.0188. The van der Waals surface area contributed by atoms with Gasteiger partial charge in [0.15, 0.2) is 0 Å². The summed E-state index contributed by atoms with van der Waals surface area (Å²) in [6, 6.07) is 4.39. The Bertz CT molecular complexity index is 653. The number of hydrogen-bond acceptors (Lipinski definition) is 6. The second-order valence-corrected chi connectivity index (χ2v) is 5.51. The summed E-state index contributed by atoms with van der Waals surface area (Å²) in [7, 11) is -3.76. The summed E-state index contributed by atoms with van der Waals surface area (Å²) in [5.41, 5.74) is 6.55. The summed E-state index contributed by atoms with van der Waals surface area (Å²) in [6.45, 7) is 0.558. The second-order valence-electron chi connectivity index (χ2n) is 3.94. The smallest absolute Gasteiger partial charge is 0.238 e. The lowest BCUT2D eigenvalue weighted by atomic mass is 10.2. The molecule has 0 radical (unpaired) electrons. The molecule has 102 valence electrons. The molecule has 1 heterocycles. The van der Waals surface area contributed by atoms with Gasteiger partial charge in [0, 0.05) is 24.3 Å². The Hall–Kier alpha value is -2.13. The van der Waals surface area contributed by atoms with Crippen molar-refractivity contribution in [1.29, 1.82) is 0 Å². The van der Waals surface area contributed by atoms with Crippen LogP contribution in [-0.4, -0.2) is 30.1 Å². The van der Waals surface area contributed by atoms with Crippen molar-refractivity contribution in [3.05, 3.63) is 30.4 Å². The van der Waals surface area contributed by atoms with Crippen LogP contribution in [0.25, 0.3) is 0 Å². The molecule has 0 aliphatic rings. The van der Waals surface area contributed by atoms with Gasteiger partial charge >= 0.3 is 0 Å². The average molecular weight is 282 g/mol. The number of rotatable bonds is 5. The van der Waals surface area contributed by atoms with E-state index in [1.807, 2.05) is 0 Å². The minimum Gasteiger partial charge on any atom is -0.399 e. The highest BCUT2D eigenvalue weighted by Crippen LogP contribution is 2.19. The van der Waals surface area contributed by atoms with E-state index in [0.29, 0.717) is 24.3 Å². The highest BCUT2D eigenvalue weighted by atomic mass is 32.2. The third-order valence-corrected chi connectivity index (χ3v) is 3.31. The highest BCUT2D eigenvalue weighted by molar-refractivity contribution is 7.89. The van der Waals surface area contributed by atoms with Gasteiger partial charge in [-0.25, -0.2) is 18.5 Å². The Morgan fingerprint density at radius 1 is 1.32 bits per heavy atom. The van der Waals surface area contributed by atoms with Gasteiger partial charge < -0.3 is 11.1 Å². The summed E-state index contributed by atoms with van der Waals surface area (Å²) in [4.78, 5) is 3.96. The number of hydrogen-bond donors (Lipinski definition) is 4. The first kappa shape index (κ1) is 13.3. The number of H-pyrrole nitrogens is 1. The van der Waals surface area contributed by atoms with Crippen molar-refractivity contribution in [3.8, 4) is 0 Å². The Kier molecular flexibility index (Phi) is 3.67. The van der Waals surface area contributed by atoms with Crippen LogP contribution in [0.1, 0.15) is 5.82 Å². The van der Waals surface area contributed by atoms with E-state index in [1.165, 1.54) is 18.5 Å². The van der Waals surface area contributed by atoms with Crippen LogP contribution in [0.3, 0.4) is 0 Å². The van der Waals surface area contributed by atoms with Crippen LogP contribution in [0, 0.1) is 0 Å². The molecule has 0 unspecified atom stereocenters. The number of nitrogens with zero attached hydrogens (tertiary/aromatic N) is 2. The summed E-state index contributed by atoms with van der Waals surface area (Å²) in [6.07, 6.45) is 2.05. The molecule has 19 heavy (non-hydrogen) atoms. The Morgan fingerprint density at radius 3 is 2.74 bits per heavy atom. The van der Waals surface area contributed by atoms with E-state index in [1.54, 1.807) is 6.07 Å². The molecular formula is C10H14N6O2S. The SMILES string of the molecule is Nc1cc(NCCc2ncn[nH]2)cc(S(N)(=O)=O)c1. The summed E-state index contributed by atoms with van der Waals surface area (Å²) >= 11 is 0. The van der Waals surface area contributed by atoms with Crippen molar-refractivity contribution in [2.45, 2.75) is 11.3 Å². The van der Waals surface area contributed by atoms with Gasteiger partial charge in [0.05, 0.1) is 4.90 Å². The molecule has 2 rings (SSSR count). The first-order valence-electron chi connectivity index (χ1n) is 5.46. The van der Waals surface area contributed by atoms with Gasteiger partial charge in [-0.05, 0) is 18.2 Å². The number of nitrogens with two attached hydrogens (primary N) is 2. The average Bonchev–Trinajstić information content (AvgIpc) is 2.80. The zero-order valence-electron chi connectivity index (χ0n) is 10.00. The number of anilines is 2. The largest absolute Gasteiger partial charge is 0.399 e. The van der Waals surface area contributed by atoms with E-state index in [-0.39, 0.29) is 4.90 Å². The lowest BCUT2D eigenvalue weighted by Crippen LogP contribution is -2.13. The number of benzene rings is 1. The van der Waals surface area contributed by atoms with Crippen LogP contribution in [0.2, 0.25) is 0 Å². The van der Waals surface area contributed by atoms with E-state index in [9.17, 15) is 8.42 Å². The third kappa shape index (κ3) is 3.66. The molecular weight excluding hydrogens is 268 g/mol. The Labute approximate surface area is 110 Å². The quantitative estimate of drug-likeness (QED) is 0.554. The molecule has 0 aliphatic carbocycles. The molecule has 8 nitrogen and oxygen atoms in total. The topological polar surface area (TPSA) is 140 Å². The predicted octanol–water partition coefficient (Wildman–Crippen LogP) is -0.311. The second kappa shape index (κ2) is 5.24. The lowest BCUT2D eigenvalue weighted by Gasteiger charge is -2.08. The molecule has 2 aromatic rings. The monoisotopic (exact) mass is 282 g/mol. The maximum absolute atomic E-state index is 11.3. The van der Waals surface area contributed by atoms with Crippen LogP contribution in [-0.2, 0) is 16.4 Å². The zero-order valence-corrected chi connectivity index (χ0v) is 10.8. The summed E-state index contributed by atoms with van der Waals surface area (Å²) < 4.78 is 22.5. The molecule has 0 amide bonds. The van der Waals surface area contributed by atoms with Crippen LogP contribution in [0.4, 0.5) is 11.4 Å². The fraction of sp³-hybridized carbons (Fsp3) is 0.200. The van der Waals surface area contributed by atoms with Crippen molar-refractivity contribution in [1.82, 2.24) is 15.2 Å². The van der Waals surface area contributed by atoms with Crippen molar-refractivity contribution in [3.63, 3.8) is 0 Å². The standard InChI is InChI=1S/C10H14N6O2S/c11-7-3-8(5-9(4-7)19(12,17)18)13-2-1-10-14-6-15-16-10/h3-6,13H,1-2,11H2,(H2,12,17,18)(H,14,15,16). The maximum atomic E-state index is 11.3. The summed E-state index contributed by atoms with van der Waals surface area (Å²) in [5.74, 6) is 0.739. The number of primary sulfonamides is 1. The Morgan fingerprint density at radius 2 is 2.11 bits per heavy atom. The summed E-state index contributed by atoms with van der Waals surface area (Å²) in [5, 5.41) is 14.6. The maximum Gasteiger partial charge on any atom is 0.238 e. The fourth-order valence-electron chi connectivity index (χ4n) is 1.56. The van der Waals surface area contributed by atoms with Gasteiger partial charge in [-0.15, -0.1) is 0 Å². The molecule has 9 heteroatoms. The number of sulfonamides is 1. The van der Waals surface area contributed by atoms with Crippen molar-refractivity contribution in [2.75, 3.05) is 17.6 Å². The third-order valence-electron chi connectivity index (χ3n) is 2.41. The van der Waals surface area contributed by atoms with Crippen molar-refractivity contribution >= 4 is 21.4 Å². The highest BCUT2D eigenvalue weighted by Gasteiger charge is 2.09. The molecule has 0 saturated heterocycles. The molecule has 1 aromatic carbocycles. The van der Waals surface area contributed by atoms with E-state index in [2.05, 4.69) is 20.5 Å². The van der Waals surface area contributed by atoms with Crippen molar-refractivity contribution in [2.24, 2.45) is 5.14 Å². The van der Waals surface area contributed by atoms with Crippen LogP contribution in [0.15, 0.2) is 29.4 Å². The molecule has 0 aliphatic heterocycles. The fourth-order valence-corrected chi connectivity index (χ4v) is 2.16.